The fourth-order valence-corrected chi connectivity index (χ4v) is 2.23. The fraction of sp³-hybridized carbons (Fsp3) is 0.462. The van der Waals surface area contributed by atoms with Crippen LogP contribution in [-0.2, 0) is 0 Å². The summed E-state index contributed by atoms with van der Waals surface area (Å²) in [4.78, 5) is 0. The normalized spacial score (nSPS) is 16.3. The SMILES string of the molecule is Cc1cccc(NC2CCCC2)c1C#N. The van der Waals surface area contributed by atoms with Crippen LogP contribution in [0.3, 0.4) is 0 Å². The number of nitrogens with zero attached hydrogens (tertiary/aromatic N) is 1. The van der Waals surface area contributed by atoms with Crippen LogP contribution in [0, 0.1) is 18.3 Å². The molecule has 1 aromatic rings. The summed E-state index contributed by atoms with van der Waals surface area (Å²) in [7, 11) is 0. The van der Waals surface area contributed by atoms with Crippen molar-refractivity contribution in [3.05, 3.63) is 29.3 Å². The van der Waals surface area contributed by atoms with Gasteiger partial charge in [-0.15, -0.1) is 0 Å². The Labute approximate surface area is 90.9 Å². The lowest BCUT2D eigenvalue weighted by Crippen LogP contribution is -2.15. The van der Waals surface area contributed by atoms with E-state index in [1.165, 1.54) is 25.7 Å². The predicted molar refractivity (Wildman–Crippen MR) is 61.8 cm³/mol. The van der Waals surface area contributed by atoms with Gasteiger partial charge in [0, 0.05) is 6.04 Å². The Morgan fingerprint density at radius 3 is 2.73 bits per heavy atom. The molecule has 0 radical (unpaired) electrons. The molecular weight excluding hydrogens is 184 g/mol. The summed E-state index contributed by atoms with van der Waals surface area (Å²) in [5.74, 6) is 0. The smallest absolute Gasteiger partial charge is 0.102 e. The second-order valence-electron chi connectivity index (χ2n) is 4.23. The largest absolute Gasteiger partial charge is 0.381 e. The van der Waals surface area contributed by atoms with Crippen LogP contribution in [-0.4, -0.2) is 6.04 Å². The van der Waals surface area contributed by atoms with E-state index in [1.807, 2.05) is 25.1 Å². The van der Waals surface area contributed by atoms with E-state index < -0.39 is 0 Å². The van der Waals surface area contributed by atoms with Crippen LogP contribution in [0.2, 0.25) is 0 Å². The van der Waals surface area contributed by atoms with Crippen molar-refractivity contribution >= 4 is 5.69 Å². The number of rotatable bonds is 2. The molecule has 0 amide bonds. The number of hydrogen-bond donors (Lipinski definition) is 1. The van der Waals surface area contributed by atoms with E-state index in [-0.39, 0.29) is 0 Å². The third-order valence-corrected chi connectivity index (χ3v) is 3.10. The molecule has 15 heavy (non-hydrogen) atoms. The molecule has 1 saturated carbocycles. The van der Waals surface area contributed by atoms with Crippen molar-refractivity contribution in [1.82, 2.24) is 0 Å². The first kappa shape index (κ1) is 10.0. The van der Waals surface area contributed by atoms with Crippen molar-refractivity contribution in [1.29, 1.82) is 5.26 Å². The van der Waals surface area contributed by atoms with Crippen LogP contribution in [0.15, 0.2) is 18.2 Å². The van der Waals surface area contributed by atoms with Crippen molar-refractivity contribution in [3.63, 3.8) is 0 Å². The van der Waals surface area contributed by atoms with E-state index in [2.05, 4.69) is 11.4 Å². The molecule has 0 bridgehead atoms. The average molecular weight is 200 g/mol. The minimum Gasteiger partial charge on any atom is -0.381 e. The number of aryl methyl sites for hydroxylation is 1. The van der Waals surface area contributed by atoms with Crippen LogP contribution >= 0.6 is 0 Å². The topological polar surface area (TPSA) is 35.8 Å². The minimum atomic E-state index is 0.568. The molecule has 0 heterocycles. The Balaban J connectivity index is 2.20. The Kier molecular flexibility index (Phi) is 2.91. The van der Waals surface area contributed by atoms with Crippen LogP contribution in [0.5, 0.6) is 0 Å². The van der Waals surface area contributed by atoms with Crippen LogP contribution in [0.1, 0.15) is 36.8 Å². The quantitative estimate of drug-likeness (QED) is 0.795. The zero-order valence-electron chi connectivity index (χ0n) is 9.09. The second kappa shape index (κ2) is 4.35. The molecular formula is C13H16N2. The van der Waals surface area contributed by atoms with Gasteiger partial charge in [-0.1, -0.05) is 25.0 Å². The molecule has 1 aromatic carbocycles. The maximum absolute atomic E-state index is 9.08. The highest BCUT2D eigenvalue weighted by Gasteiger charge is 2.16. The first-order valence-electron chi connectivity index (χ1n) is 5.57. The lowest BCUT2D eigenvalue weighted by Gasteiger charge is -2.15. The fourth-order valence-electron chi connectivity index (χ4n) is 2.23. The van der Waals surface area contributed by atoms with Gasteiger partial charge in [0.15, 0.2) is 0 Å². The molecule has 1 N–H and O–H groups in total. The van der Waals surface area contributed by atoms with Gasteiger partial charge < -0.3 is 5.32 Å². The Bertz CT molecular complexity index is 384. The molecule has 0 aliphatic heterocycles. The Morgan fingerprint density at radius 1 is 1.33 bits per heavy atom. The summed E-state index contributed by atoms with van der Waals surface area (Å²) in [5, 5.41) is 12.6. The van der Waals surface area contributed by atoms with E-state index >= 15 is 0 Å². The summed E-state index contributed by atoms with van der Waals surface area (Å²) in [5.41, 5.74) is 2.86. The van der Waals surface area contributed by atoms with Crippen molar-refractivity contribution < 1.29 is 0 Å². The van der Waals surface area contributed by atoms with E-state index in [0.717, 1.165) is 16.8 Å². The zero-order chi connectivity index (χ0) is 10.7. The second-order valence-corrected chi connectivity index (χ2v) is 4.23. The van der Waals surface area contributed by atoms with Gasteiger partial charge in [0.1, 0.15) is 6.07 Å². The van der Waals surface area contributed by atoms with Gasteiger partial charge >= 0.3 is 0 Å². The van der Waals surface area contributed by atoms with Gasteiger partial charge in [0.2, 0.25) is 0 Å². The Hall–Kier alpha value is -1.49. The average Bonchev–Trinajstić information content (AvgIpc) is 2.71. The van der Waals surface area contributed by atoms with Crippen LogP contribution < -0.4 is 5.32 Å². The summed E-state index contributed by atoms with van der Waals surface area (Å²) >= 11 is 0. The molecule has 2 nitrogen and oxygen atoms in total. The lowest BCUT2D eigenvalue weighted by molar-refractivity contribution is 0.755. The highest BCUT2D eigenvalue weighted by atomic mass is 14.9. The number of hydrogen-bond acceptors (Lipinski definition) is 2. The number of benzene rings is 1. The van der Waals surface area contributed by atoms with Gasteiger partial charge in [-0.25, -0.2) is 0 Å². The maximum atomic E-state index is 9.08. The Morgan fingerprint density at radius 2 is 2.07 bits per heavy atom. The molecule has 1 fully saturated rings. The van der Waals surface area contributed by atoms with Crippen molar-refractivity contribution in [2.45, 2.75) is 38.6 Å². The molecule has 0 spiro atoms. The number of anilines is 1. The monoisotopic (exact) mass is 200 g/mol. The standard InChI is InChI=1S/C13H16N2/c1-10-5-4-8-13(12(10)9-14)15-11-6-2-3-7-11/h4-5,8,11,15H,2-3,6-7H2,1H3. The van der Waals surface area contributed by atoms with Gasteiger partial charge in [0.25, 0.3) is 0 Å². The zero-order valence-corrected chi connectivity index (χ0v) is 9.09. The summed E-state index contributed by atoms with van der Waals surface area (Å²) in [6.45, 7) is 1.98. The van der Waals surface area contributed by atoms with Gasteiger partial charge in [-0.3, -0.25) is 0 Å². The predicted octanol–water partition coefficient (Wildman–Crippen LogP) is 3.22. The van der Waals surface area contributed by atoms with E-state index in [1.54, 1.807) is 0 Å². The highest BCUT2D eigenvalue weighted by Crippen LogP contribution is 2.25. The highest BCUT2D eigenvalue weighted by molar-refractivity contribution is 5.61. The van der Waals surface area contributed by atoms with E-state index in [9.17, 15) is 0 Å². The van der Waals surface area contributed by atoms with Crippen molar-refractivity contribution in [2.24, 2.45) is 0 Å². The van der Waals surface area contributed by atoms with Crippen molar-refractivity contribution in [3.8, 4) is 6.07 Å². The molecule has 2 rings (SSSR count). The lowest BCUT2D eigenvalue weighted by atomic mass is 10.1. The number of nitriles is 1. The van der Waals surface area contributed by atoms with Crippen molar-refractivity contribution in [2.75, 3.05) is 5.32 Å². The summed E-state index contributed by atoms with van der Waals surface area (Å²) in [6, 6.07) is 8.84. The first-order valence-corrected chi connectivity index (χ1v) is 5.57. The first-order chi connectivity index (χ1) is 7.31. The maximum Gasteiger partial charge on any atom is 0.102 e. The molecule has 1 aliphatic rings. The van der Waals surface area contributed by atoms with Crippen LogP contribution in [0.4, 0.5) is 5.69 Å². The van der Waals surface area contributed by atoms with Crippen LogP contribution in [0.25, 0.3) is 0 Å². The van der Waals surface area contributed by atoms with Gasteiger partial charge in [-0.05, 0) is 31.4 Å². The molecule has 1 aliphatic carbocycles. The molecule has 2 heteroatoms. The van der Waals surface area contributed by atoms with Gasteiger partial charge in [-0.2, -0.15) is 5.26 Å². The third-order valence-electron chi connectivity index (χ3n) is 3.10. The number of nitrogens with one attached hydrogen (secondary N) is 1. The molecule has 0 aromatic heterocycles. The third kappa shape index (κ3) is 2.12. The van der Waals surface area contributed by atoms with E-state index in [0.29, 0.717) is 6.04 Å². The summed E-state index contributed by atoms with van der Waals surface area (Å²) in [6.07, 6.45) is 5.09. The molecule has 0 atom stereocenters. The molecule has 78 valence electrons. The summed E-state index contributed by atoms with van der Waals surface area (Å²) < 4.78 is 0. The minimum absolute atomic E-state index is 0.568. The molecule has 0 saturated heterocycles. The van der Waals surface area contributed by atoms with Gasteiger partial charge in [0.05, 0.1) is 11.3 Å². The molecule has 0 unspecified atom stereocenters. The van der Waals surface area contributed by atoms with E-state index in [4.69, 9.17) is 5.26 Å².